The number of aromatic nitrogens is 6. The number of hydrogen-bond acceptors (Lipinski definition) is 18. The van der Waals surface area contributed by atoms with Gasteiger partial charge in [-0.25, -0.2) is 31.8 Å². The zero-order valence-corrected chi connectivity index (χ0v) is 45.0. The molecule has 0 aliphatic carbocycles. The number of sulfone groups is 2. The van der Waals surface area contributed by atoms with E-state index in [4.69, 9.17) is 25.4 Å². The van der Waals surface area contributed by atoms with Gasteiger partial charge in [0.15, 0.2) is 54.2 Å². The van der Waals surface area contributed by atoms with Gasteiger partial charge in [0.05, 0.1) is 84.0 Å². The summed E-state index contributed by atoms with van der Waals surface area (Å²) in [5.74, 6) is 1.75. The molecular formula is C49H61F6N15O6S2. The Kier molecular flexibility index (Phi) is 16.3. The third-order valence-corrected chi connectivity index (χ3v) is 16.9. The predicted octanol–water partition coefficient (Wildman–Crippen LogP) is 5.54. The Hall–Kier alpha value is -6.53. The number of nitrogens with zero attached hydrogens (tertiary/aromatic N) is 12. The van der Waals surface area contributed by atoms with Gasteiger partial charge in [0.1, 0.15) is 5.69 Å². The molecule has 4 aliphatic heterocycles. The molecule has 4 saturated heterocycles. The van der Waals surface area contributed by atoms with Gasteiger partial charge in [0.25, 0.3) is 0 Å². The third-order valence-electron chi connectivity index (χ3n) is 13.7. The van der Waals surface area contributed by atoms with Crippen LogP contribution < -0.4 is 26.2 Å². The van der Waals surface area contributed by atoms with Crippen molar-refractivity contribution in [2.24, 2.45) is 4.99 Å². The van der Waals surface area contributed by atoms with Crippen LogP contribution in [0.15, 0.2) is 53.5 Å². The standard InChI is InChI=1S/C26H33F3N8O3S.C23H28F3N7O3S/c1-18-24(37-25(31-18)22(30-17-34(2)3)15-23(33-37)36-7-11-40-12-8-36)32-21-6-4-5-20(26(27,28)29)19(21)16-35-9-13-41(38,39)14-10-35;1-15-21(33-22(28-15)18(27)13-20(30-33)32-5-9-36-10-6-32)29-19-4-2-3-17(23(24,25)26)16(19)14-31-7-11-37(34,35)12-8-31/h4-6,15,17,32H,7-14,16H2,1-3H3;2-4,13,29H,5-12,14,27H2,1H3. The van der Waals surface area contributed by atoms with E-state index in [0.717, 1.165) is 12.1 Å². The summed E-state index contributed by atoms with van der Waals surface area (Å²) in [5, 5.41) is 15.8. The van der Waals surface area contributed by atoms with Crippen molar-refractivity contribution in [2.45, 2.75) is 39.3 Å². The van der Waals surface area contributed by atoms with Gasteiger partial charge in [0, 0.05) is 114 Å². The highest BCUT2D eigenvalue weighted by Gasteiger charge is 2.37. The molecule has 21 nitrogen and oxygen atoms in total. The highest BCUT2D eigenvalue weighted by atomic mass is 32.2. The lowest BCUT2D eigenvalue weighted by molar-refractivity contribution is -0.139. The molecule has 4 N–H and O–H groups in total. The fourth-order valence-electron chi connectivity index (χ4n) is 9.49. The smallest absolute Gasteiger partial charge is 0.396 e. The lowest BCUT2D eigenvalue weighted by atomic mass is 10.0. The zero-order valence-electron chi connectivity index (χ0n) is 43.4. The van der Waals surface area contributed by atoms with Gasteiger partial charge in [0.2, 0.25) is 0 Å². The first kappa shape index (κ1) is 56.2. The van der Waals surface area contributed by atoms with E-state index in [9.17, 15) is 43.2 Å². The first-order chi connectivity index (χ1) is 36.9. The molecule has 422 valence electrons. The van der Waals surface area contributed by atoms with Crippen molar-refractivity contribution in [1.29, 1.82) is 0 Å². The van der Waals surface area contributed by atoms with E-state index in [1.54, 1.807) is 57.6 Å². The summed E-state index contributed by atoms with van der Waals surface area (Å²) in [6.07, 6.45) is -7.53. The summed E-state index contributed by atoms with van der Waals surface area (Å²) in [6, 6.07) is 11.5. The molecule has 2 aromatic carbocycles. The minimum Gasteiger partial charge on any atom is -0.396 e. The number of anilines is 7. The van der Waals surface area contributed by atoms with Crippen LogP contribution in [-0.2, 0) is 54.6 Å². The van der Waals surface area contributed by atoms with E-state index in [0.29, 0.717) is 110 Å². The average Bonchev–Trinajstić information content (AvgIpc) is 4.01. The van der Waals surface area contributed by atoms with E-state index in [-0.39, 0.29) is 84.8 Å². The summed E-state index contributed by atoms with van der Waals surface area (Å²) in [7, 11) is -2.65. The number of ether oxygens (including phenoxy) is 2. The van der Waals surface area contributed by atoms with Crippen LogP contribution in [0.1, 0.15) is 33.6 Å². The molecule has 0 amide bonds. The van der Waals surface area contributed by atoms with E-state index in [1.165, 1.54) is 16.6 Å². The number of nitrogen functional groups attached to an aromatic ring is 1. The van der Waals surface area contributed by atoms with E-state index in [2.05, 4.69) is 30.5 Å². The van der Waals surface area contributed by atoms with Crippen molar-refractivity contribution in [3.8, 4) is 0 Å². The van der Waals surface area contributed by atoms with Crippen molar-refractivity contribution in [2.75, 3.05) is 142 Å². The molecule has 78 heavy (non-hydrogen) atoms. The van der Waals surface area contributed by atoms with Gasteiger partial charge in [-0.3, -0.25) is 9.80 Å². The lowest BCUT2D eigenvalue weighted by Gasteiger charge is -2.29. The lowest BCUT2D eigenvalue weighted by Crippen LogP contribution is -2.40. The average molecular weight is 1130 g/mol. The van der Waals surface area contributed by atoms with Crippen LogP contribution in [0, 0.1) is 13.8 Å². The van der Waals surface area contributed by atoms with Crippen molar-refractivity contribution in [3.05, 3.63) is 82.2 Å². The quantitative estimate of drug-likeness (QED) is 0.0777. The molecule has 0 atom stereocenters. The Morgan fingerprint density at radius 1 is 0.641 bits per heavy atom. The molecule has 4 fully saturated rings. The van der Waals surface area contributed by atoms with Crippen molar-refractivity contribution in [3.63, 3.8) is 0 Å². The molecule has 0 unspecified atom stereocenters. The summed E-state index contributed by atoms with van der Waals surface area (Å²) in [4.78, 5) is 23.1. The molecule has 29 heteroatoms. The van der Waals surface area contributed by atoms with Gasteiger partial charge in [-0.15, -0.1) is 10.2 Å². The molecule has 8 heterocycles. The third kappa shape index (κ3) is 13.0. The number of nitrogens with two attached hydrogens (primary N) is 1. The zero-order chi connectivity index (χ0) is 55.7. The van der Waals surface area contributed by atoms with Gasteiger partial charge in [-0.1, -0.05) is 12.1 Å². The molecule has 6 aromatic rings. The number of morpholine rings is 2. The maximum absolute atomic E-state index is 14.2. The van der Waals surface area contributed by atoms with Crippen molar-refractivity contribution < 1.29 is 52.7 Å². The monoisotopic (exact) mass is 1130 g/mol. The van der Waals surface area contributed by atoms with Gasteiger partial charge < -0.3 is 40.5 Å². The Morgan fingerprint density at radius 3 is 1.47 bits per heavy atom. The maximum atomic E-state index is 14.2. The predicted molar refractivity (Wildman–Crippen MR) is 285 cm³/mol. The fourth-order valence-corrected chi connectivity index (χ4v) is 12.0. The number of aliphatic imine (C=N–C) groups is 1. The highest BCUT2D eigenvalue weighted by Crippen LogP contribution is 2.40. The van der Waals surface area contributed by atoms with Crippen LogP contribution >= 0.6 is 0 Å². The van der Waals surface area contributed by atoms with Crippen LogP contribution in [-0.4, -0.2) is 183 Å². The second-order valence-corrected chi connectivity index (χ2v) is 24.2. The minimum atomic E-state index is -4.60. The van der Waals surface area contributed by atoms with E-state index >= 15 is 0 Å². The van der Waals surface area contributed by atoms with Gasteiger partial charge in [-0.2, -0.15) is 35.4 Å². The first-order valence-electron chi connectivity index (χ1n) is 25.1. The van der Waals surface area contributed by atoms with E-state index in [1.807, 2.05) is 25.1 Å². The van der Waals surface area contributed by atoms with Crippen LogP contribution in [0.25, 0.3) is 11.3 Å². The number of aryl methyl sites for hydroxylation is 2. The van der Waals surface area contributed by atoms with Crippen molar-refractivity contribution >= 4 is 83.3 Å². The number of rotatable bonds is 12. The number of halogens is 6. The second-order valence-electron chi connectivity index (χ2n) is 19.6. The molecule has 4 aromatic heterocycles. The largest absolute Gasteiger partial charge is 0.416 e. The van der Waals surface area contributed by atoms with Gasteiger partial charge in [-0.05, 0) is 38.1 Å². The minimum absolute atomic E-state index is 0.0287. The molecule has 0 spiro atoms. The topological polar surface area (TPSA) is 226 Å². The maximum Gasteiger partial charge on any atom is 0.416 e. The molecular weight excluding hydrogens is 1070 g/mol. The number of alkyl halides is 6. The van der Waals surface area contributed by atoms with Gasteiger partial charge >= 0.3 is 12.4 Å². The van der Waals surface area contributed by atoms with Crippen LogP contribution in [0.2, 0.25) is 0 Å². The Balaban J connectivity index is 0.000000191. The highest BCUT2D eigenvalue weighted by molar-refractivity contribution is 7.91. The fraction of sp³-hybridized carbons (Fsp3) is 0.490. The first-order valence-corrected chi connectivity index (χ1v) is 28.8. The Morgan fingerprint density at radius 2 is 1.05 bits per heavy atom. The van der Waals surface area contributed by atoms with Crippen LogP contribution in [0.3, 0.4) is 0 Å². The molecule has 10 rings (SSSR count). The number of imidazole rings is 2. The normalized spacial score (nSPS) is 18.6. The summed E-state index contributed by atoms with van der Waals surface area (Å²) < 4.78 is 146. The molecule has 0 saturated carbocycles. The SMILES string of the molecule is Cc1nc2c(N)cc(N3CCOCC3)nn2c1Nc1cccc(C(F)(F)F)c1CN1CCS(=O)(=O)CC1.Cc1nc2c(N=CN(C)C)cc(N3CCOCC3)nn2c1Nc1cccc(C(F)(F)F)c1CN1CCS(=O)(=O)CC1. The molecule has 0 bridgehead atoms. The second kappa shape index (κ2) is 22.7. The molecule has 4 aliphatic rings. The summed E-state index contributed by atoms with van der Waals surface area (Å²) in [6.45, 7) is 8.80. The number of fused-ring (bicyclic) bond motifs is 2. The van der Waals surface area contributed by atoms with E-state index < -0.39 is 43.2 Å². The van der Waals surface area contributed by atoms with Crippen molar-refractivity contribution in [1.82, 2.24) is 43.9 Å². The number of hydrogen-bond donors (Lipinski definition) is 3. The Labute approximate surface area is 446 Å². The summed E-state index contributed by atoms with van der Waals surface area (Å²) in [5.41, 5.74) is 8.13. The van der Waals surface area contributed by atoms with Crippen LogP contribution in [0.5, 0.6) is 0 Å². The van der Waals surface area contributed by atoms with Crippen LogP contribution in [0.4, 0.5) is 72.4 Å². The number of benzene rings is 2. The Bertz CT molecular complexity index is 3390. The number of nitrogens with one attached hydrogen (secondary N) is 2. The summed E-state index contributed by atoms with van der Waals surface area (Å²) >= 11 is 0. The molecule has 0 radical (unpaired) electrons.